The number of hydrogen-bond acceptors (Lipinski definition) is 4. The average Bonchev–Trinajstić information content (AvgIpc) is 2.85. The van der Waals surface area contributed by atoms with Gasteiger partial charge in [0.2, 0.25) is 21.8 Å². The minimum atomic E-state index is -3.93. The topological polar surface area (TPSA) is 95.6 Å². The first-order chi connectivity index (χ1) is 16.7. The lowest BCUT2D eigenvalue weighted by molar-refractivity contribution is -0.120. The molecule has 2 amide bonds. The van der Waals surface area contributed by atoms with Crippen LogP contribution in [0.15, 0.2) is 71.6 Å². The van der Waals surface area contributed by atoms with Crippen LogP contribution in [0.25, 0.3) is 0 Å². The zero-order valence-corrected chi connectivity index (χ0v) is 20.9. The maximum absolute atomic E-state index is 13.6. The highest BCUT2D eigenvalue weighted by Crippen LogP contribution is 2.31. The van der Waals surface area contributed by atoms with Crippen LogP contribution in [0.2, 0.25) is 0 Å². The summed E-state index contributed by atoms with van der Waals surface area (Å²) in [5.74, 6) is -0.548. The first kappa shape index (κ1) is 24.6. The Hall–Kier alpha value is -3.49. The number of fused-ring (bicyclic) bond motifs is 1. The molecule has 3 aromatic rings. The van der Waals surface area contributed by atoms with E-state index in [1.165, 1.54) is 4.31 Å². The minimum absolute atomic E-state index is 0.107. The summed E-state index contributed by atoms with van der Waals surface area (Å²) in [7, 11) is -3.93. The molecule has 35 heavy (non-hydrogen) atoms. The third-order valence-electron chi connectivity index (χ3n) is 6.32. The van der Waals surface area contributed by atoms with Crippen LogP contribution in [-0.2, 0) is 32.6 Å². The SMILES string of the molecule is CCC(=O)Nc1cccc(NC(=O)[C@H]2Cc3ccccc3CN2S(=O)(=O)c2ccc(C)cc2)c1C. The molecule has 0 bridgehead atoms. The fraction of sp³-hybridized carbons (Fsp3) is 0.259. The Morgan fingerprint density at radius 3 is 2.17 bits per heavy atom. The van der Waals surface area contributed by atoms with Crippen molar-refractivity contribution < 1.29 is 18.0 Å². The van der Waals surface area contributed by atoms with Crippen molar-refractivity contribution in [3.8, 4) is 0 Å². The molecule has 1 aliphatic heterocycles. The molecule has 0 fully saturated rings. The predicted octanol–water partition coefficient (Wildman–Crippen LogP) is 4.41. The number of rotatable bonds is 6. The van der Waals surface area contributed by atoms with E-state index in [0.29, 0.717) is 23.4 Å². The van der Waals surface area contributed by atoms with Gasteiger partial charge < -0.3 is 10.6 Å². The molecular weight excluding hydrogens is 462 g/mol. The van der Waals surface area contributed by atoms with E-state index in [1.54, 1.807) is 56.3 Å². The van der Waals surface area contributed by atoms with Crippen molar-refractivity contribution in [2.75, 3.05) is 10.6 Å². The molecule has 1 aliphatic rings. The molecular formula is C27H29N3O4S. The predicted molar refractivity (Wildman–Crippen MR) is 137 cm³/mol. The summed E-state index contributed by atoms with van der Waals surface area (Å²) in [6.45, 7) is 5.57. The Bertz CT molecular complexity index is 1370. The van der Waals surface area contributed by atoms with Crippen LogP contribution < -0.4 is 10.6 Å². The Balaban J connectivity index is 1.68. The molecule has 3 aromatic carbocycles. The highest BCUT2D eigenvalue weighted by Gasteiger charge is 2.39. The van der Waals surface area contributed by atoms with Gasteiger partial charge in [0.1, 0.15) is 6.04 Å². The van der Waals surface area contributed by atoms with E-state index in [9.17, 15) is 18.0 Å². The second kappa shape index (κ2) is 10.0. The lowest BCUT2D eigenvalue weighted by atomic mass is 9.95. The Kier molecular flexibility index (Phi) is 7.05. The lowest BCUT2D eigenvalue weighted by Crippen LogP contribution is -2.50. The molecule has 0 unspecified atom stereocenters. The van der Waals surface area contributed by atoms with Gasteiger partial charge in [0.25, 0.3) is 0 Å². The molecule has 0 saturated carbocycles. The van der Waals surface area contributed by atoms with Gasteiger partial charge in [-0.15, -0.1) is 0 Å². The van der Waals surface area contributed by atoms with Crippen LogP contribution in [0.5, 0.6) is 0 Å². The molecule has 0 radical (unpaired) electrons. The maximum Gasteiger partial charge on any atom is 0.244 e. The van der Waals surface area contributed by atoms with Gasteiger partial charge in [0.15, 0.2) is 0 Å². The van der Waals surface area contributed by atoms with E-state index in [0.717, 1.165) is 16.7 Å². The molecule has 1 heterocycles. The fourth-order valence-electron chi connectivity index (χ4n) is 4.18. The first-order valence-corrected chi connectivity index (χ1v) is 13.0. The molecule has 2 N–H and O–H groups in total. The van der Waals surface area contributed by atoms with Crippen LogP contribution in [-0.4, -0.2) is 30.6 Å². The van der Waals surface area contributed by atoms with Crippen molar-refractivity contribution >= 4 is 33.2 Å². The third kappa shape index (κ3) is 5.13. The Labute approximate surface area is 206 Å². The van der Waals surface area contributed by atoms with E-state index in [2.05, 4.69) is 10.6 Å². The van der Waals surface area contributed by atoms with E-state index in [1.807, 2.05) is 31.2 Å². The second-order valence-electron chi connectivity index (χ2n) is 8.72. The number of aryl methyl sites for hydroxylation is 1. The van der Waals surface area contributed by atoms with Gasteiger partial charge in [0.05, 0.1) is 4.90 Å². The third-order valence-corrected chi connectivity index (χ3v) is 8.19. The molecule has 1 atom stereocenters. The minimum Gasteiger partial charge on any atom is -0.326 e. The summed E-state index contributed by atoms with van der Waals surface area (Å²) in [6, 6.07) is 18.6. The van der Waals surface area contributed by atoms with Crippen molar-refractivity contribution in [2.24, 2.45) is 0 Å². The van der Waals surface area contributed by atoms with Crippen LogP contribution in [0.1, 0.15) is 35.6 Å². The van der Waals surface area contributed by atoms with Gasteiger partial charge >= 0.3 is 0 Å². The summed E-state index contributed by atoms with van der Waals surface area (Å²) >= 11 is 0. The van der Waals surface area contributed by atoms with Gasteiger partial charge in [-0.1, -0.05) is 55.0 Å². The quantitative estimate of drug-likeness (QED) is 0.534. The molecule has 8 heteroatoms. The summed E-state index contributed by atoms with van der Waals surface area (Å²) < 4.78 is 28.6. The van der Waals surface area contributed by atoms with E-state index in [-0.39, 0.29) is 23.8 Å². The molecule has 7 nitrogen and oxygen atoms in total. The summed E-state index contributed by atoms with van der Waals surface area (Å²) in [5.41, 5.74) is 4.61. The molecule has 182 valence electrons. The Morgan fingerprint density at radius 2 is 1.51 bits per heavy atom. The van der Waals surface area contributed by atoms with Gasteiger partial charge in [-0.3, -0.25) is 9.59 Å². The average molecular weight is 492 g/mol. The normalized spacial score (nSPS) is 15.8. The van der Waals surface area contributed by atoms with E-state index < -0.39 is 22.0 Å². The molecule has 0 aromatic heterocycles. The standard InChI is InChI=1S/C27H29N3O4S/c1-4-26(31)28-23-10-7-11-24(19(23)3)29-27(32)25-16-20-8-5-6-9-21(20)17-30(25)35(33,34)22-14-12-18(2)13-15-22/h5-15,25H,4,16-17H2,1-3H3,(H,28,31)(H,29,32)/t25-/m1/s1. The Morgan fingerprint density at radius 1 is 0.886 bits per heavy atom. The van der Waals surface area contributed by atoms with Gasteiger partial charge in [-0.2, -0.15) is 4.31 Å². The number of nitrogens with zero attached hydrogens (tertiary/aromatic N) is 1. The van der Waals surface area contributed by atoms with E-state index >= 15 is 0 Å². The number of carbonyl (C=O) groups excluding carboxylic acids is 2. The highest BCUT2D eigenvalue weighted by molar-refractivity contribution is 7.89. The van der Waals surface area contributed by atoms with Crippen molar-refractivity contribution in [1.82, 2.24) is 4.31 Å². The van der Waals surface area contributed by atoms with Crippen LogP contribution in [0.4, 0.5) is 11.4 Å². The van der Waals surface area contributed by atoms with Crippen LogP contribution in [0.3, 0.4) is 0 Å². The molecule has 0 aliphatic carbocycles. The number of carbonyl (C=O) groups is 2. The summed E-state index contributed by atoms with van der Waals surface area (Å²) in [4.78, 5) is 25.6. The van der Waals surface area contributed by atoms with Crippen molar-refractivity contribution in [2.45, 2.75) is 51.1 Å². The largest absolute Gasteiger partial charge is 0.326 e. The number of anilines is 2. The number of benzene rings is 3. The summed E-state index contributed by atoms with van der Waals surface area (Å²) in [6.07, 6.45) is 0.599. The molecule has 0 spiro atoms. The van der Waals surface area contributed by atoms with Crippen LogP contribution in [0, 0.1) is 13.8 Å². The van der Waals surface area contributed by atoms with Gasteiger partial charge in [0, 0.05) is 24.3 Å². The van der Waals surface area contributed by atoms with Crippen molar-refractivity contribution in [3.63, 3.8) is 0 Å². The van der Waals surface area contributed by atoms with Gasteiger partial charge in [-0.05, 0) is 61.2 Å². The number of nitrogens with one attached hydrogen (secondary N) is 2. The fourth-order valence-corrected chi connectivity index (χ4v) is 5.75. The zero-order chi connectivity index (χ0) is 25.2. The summed E-state index contributed by atoms with van der Waals surface area (Å²) in [5, 5.41) is 5.74. The maximum atomic E-state index is 13.6. The number of amides is 2. The smallest absolute Gasteiger partial charge is 0.244 e. The molecule has 4 rings (SSSR count). The monoisotopic (exact) mass is 491 g/mol. The molecule has 0 saturated heterocycles. The number of sulfonamides is 1. The number of hydrogen-bond donors (Lipinski definition) is 2. The van der Waals surface area contributed by atoms with Crippen molar-refractivity contribution in [3.05, 3.63) is 89.0 Å². The van der Waals surface area contributed by atoms with Crippen molar-refractivity contribution in [1.29, 1.82) is 0 Å². The second-order valence-corrected chi connectivity index (χ2v) is 10.6. The highest BCUT2D eigenvalue weighted by atomic mass is 32.2. The van der Waals surface area contributed by atoms with Crippen LogP contribution >= 0.6 is 0 Å². The zero-order valence-electron chi connectivity index (χ0n) is 20.0. The van der Waals surface area contributed by atoms with Gasteiger partial charge in [-0.25, -0.2) is 8.42 Å². The lowest BCUT2D eigenvalue weighted by Gasteiger charge is -2.35. The van der Waals surface area contributed by atoms with E-state index in [4.69, 9.17) is 0 Å². The first-order valence-electron chi connectivity index (χ1n) is 11.6.